The van der Waals surface area contributed by atoms with Crippen LogP contribution in [0.5, 0.6) is 0 Å². The molecule has 0 bridgehead atoms. The van der Waals surface area contributed by atoms with Crippen molar-refractivity contribution in [1.29, 1.82) is 0 Å². The molecule has 0 spiro atoms. The Morgan fingerprint density at radius 1 is 1.29 bits per heavy atom. The Balaban J connectivity index is 1.97. The first-order valence-electron chi connectivity index (χ1n) is 7.45. The van der Waals surface area contributed by atoms with E-state index in [9.17, 15) is 9.90 Å². The van der Waals surface area contributed by atoms with Crippen molar-refractivity contribution in [3.63, 3.8) is 0 Å². The van der Waals surface area contributed by atoms with Crippen LogP contribution < -0.4 is 10.2 Å². The molecule has 0 heterocycles. The number of aliphatic hydroxyl groups excluding tert-OH is 1. The van der Waals surface area contributed by atoms with E-state index in [1.54, 1.807) is 11.9 Å². The maximum absolute atomic E-state index is 12.3. The molecule has 0 aromatic heterocycles. The number of aliphatic hydroxyl groups is 1. The summed E-state index contributed by atoms with van der Waals surface area (Å²) in [5, 5.41) is 12.8. The van der Waals surface area contributed by atoms with Crippen LogP contribution in [0.25, 0.3) is 0 Å². The fourth-order valence-electron chi connectivity index (χ4n) is 2.84. The molecule has 0 aliphatic heterocycles. The predicted molar refractivity (Wildman–Crippen MR) is 85.8 cm³/mol. The quantitative estimate of drug-likeness (QED) is 0.895. The number of urea groups is 1. The summed E-state index contributed by atoms with van der Waals surface area (Å²) in [5.41, 5.74) is 1.77. The highest BCUT2D eigenvalue weighted by Gasteiger charge is 2.27. The van der Waals surface area contributed by atoms with Crippen LogP contribution in [0.3, 0.4) is 0 Å². The van der Waals surface area contributed by atoms with Crippen molar-refractivity contribution in [3.8, 4) is 0 Å². The van der Waals surface area contributed by atoms with Crippen molar-refractivity contribution < 1.29 is 9.90 Å². The van der Waals surface area contributed by atoms with Gasteiger partial charge in [0.05, 0.1) is 17.5 Å². The van der Waals surface area contributed by atoms with E-state index < -0.39 is 0 Å². The topological polar surface area (TPSA) is 55.8 Å². The zero-order valence-electron chi connectivity index (χ0n) is 13.0. The van der Waals surface area contributed by atoms with Crippen LogP contribution in [0.1, 0.15) is 19.3 Å². The Bertz CT molecular complexity index is 490. The molecular weight excluding hydrogens is 266 g/mol. The summed E-state index contributed by atoms with van der Waals surface area (Å²) in [4.78, 5) is 15.9. The Morgan fingerprint density at radius 2 is 2.00 bits per heavy atom. The Morgan fingerprint density at radius 3 is 2.62 bits per heavy atom. The first-order valence-corrected chi connectivity index (χ1v) is 7.45. The molecular formula is C16H25N3O2. The van der Waals surface area contributed by atoms with E-state index in [1.807, 2.05) is 43.3 Å². The predicted octanol–water partition coefficient (Wildman–Crippen LogP) is 2.38. The molecule has 1 aliphatic carbocycles. The van der Waals surface area contributed by atoms with Gasteiger partial charge in [0.25, 0.3) is 0 Å². The van der Waals surface area contributed by atoms with Crippen LogP contribution in [0.2, 0.25) is 0 Å². The Hall–Kier alpha value is -1.75. The third-order valence-electron chi connectivity index (χ3n) is 4.10. The number of hydrogen-bond donors (Lipinski definition) is 2. The van der Waals surface area contributed by atoms with Crippen molar-refractivity contribution in [2.75, 3.05) is 37.9 Å². The van der Waals surface area contributed by atoms with Crippen LogP contribution in [-0.4, -0.2) is 49.8 Å². The second-order valence-corrected chi connectivity index (χ2v) is 5.98. The molecule has 2 rings (SSSR count). The minimum Gasteiger partial charge on any atom is -0.393 e. The lowest BCUT2D eigenvalue weighted by atomic mass is 10.1. The number of anilines is 2. The maximum atomic E-state index is 12.3. The fourth-order valence-corrected chi connectivity index (χ4v) is 2.84. The molecule has 5 nitrogen and oxygen atoms in total. The number of para-hydroxylation sites is 2. The summed E-state index contributed by atoms with van der Waals surface area (Å²) in [6.07, 6.45) is 2.62. The number of benzene rings is 1. The maximum Gasteiger partial charge on any atom is 0.321 e. The summed E-state index contributed by atoms with van der Waals surface area (Å²) in [6.45, 7) is 0.594. The molecule has 0 radical (unpaired) electrons. The van der Waals surface area contributed by atoms with Gasteiger partial charge in [0.15, 0.2) is 0 Å². The van der Waals surface area contributed by atoms with Crippen molar-refractivity contribution in [2.24, 2.45) is 5.92 Å². The number of nitrogens with one attached hydrogen (secondary N) is 1. The first-order chi connectivity index (χ1) is 9.99. The zero-order chi connectivity index (χ0) is 15.4. The lowest BCUT2D eigenvalue weighted by molar-refractivity contribution is 0.116. The minimum atomic E-state index is -0.269. The number of carbonyl (C=O) groups is 1. The van der Waals surface area contributed by atoms with Gasteiger partial charge in [0.1, 0.15) is 0 Å². The van der Waals surface area contributed by atoms with Gasteiger partial charge in [0, 0.05) is 33.6 Å². The summed E-state index contributed by atoms with van der Waals surface area (Å²) >= 11 is 0. The normalized spacial score (nSPS) is 21.1. The standard InChI is InChI=1S/C16H25N3O2/c1-18(2)14-9-5-4-8-13(14)17-16(21)19(3)11-12-7-6-10-15(12)20/h4-5,8-9,12,15,20H,6-7,10-11H2,1-3H3,(H,17,21). The van der Waals surface area contributed by atoms with E-state index in [1.165, 1.54) is 0 Å². The highest BCUT2D eigenvalue weighted by atomic mass is 16.3. The van der Waals surface area contributed by atoms with E-state index in [-0.39, 0.29) is 18.1 Å². The second-order valence-electron chi connectivity index (χ2n) is 5.98. The Kier molecular flexibility index (Phi) is 5.07. The SMILES string of the molecule is CN(CC1CCCC1O)C(=O)Nc1ccccc1N(C)C. The van der Waals surface area contributed by atoms with E-state index in [0.717, 1.165) is 30.6 Å². The van der Waals surface area contributed by atoms with E-state index in [4.69, 9.17) is 0 Å². The minimum absolute atomic E-state index is 0.136. The molecule has 116 valence electrons. The lowest BCUT2D eigenvalue weighted by Crippen LogP contribution is -2.37. The lowest BCUT2D eigenvalue weighted by Gasteiger charge is -2.25. The Labute approximate surface area is 126 Å². The second kappa shape index (κ2) is 6.80. The monoisotopic (exact) mass is 291 g/mol. The summed E-state index contributed by atoms with van der Waals surface area (Å²) < 4.78 is 0. The van der Waals surface area contributed by atoms with Gasteiger partial charge in [-0.25, -0.2) is 4.79 Å². The molecule has 2 N–H and O–H groups in total. The van der Waals surface area contributed by atoms with Crippen LogP contribution in [0, 0.1) is 5.92 Å². The number of hydrogen-bond acceptors (Lipinski definition) is 3. The van der Waals surface area contributed by atoms with Gasteiger partial charge in [-0.15, -0.1) is 0 Å². The number of rotatable bonds is 4. The molecule has 5 heteroatoms. The van der Waals surface area contributed by atoms with E-state index >= 15 is 0 Å². The van der Waals surface area contributed by atoms with Gasteiger partial charge in [0.2, 0.25) is 0 Å². The van der Waals surface area contributed by atoms with Gasteiger partial charge in [-0.2, -0.15) is 0 Å². The number of carbonyl (C=O) groups excluding carboxylic acids is 1. The number of nitrogens with zero attached hydrogens (tertiary/aromatic N) is 2. The third-order valence-corrected chi connectivity index (χ3v) is 4.10. The fraction of sp³-hybridized carbons (Fsp3) is 0.562. The summed E-state index contributed by atoms with van der Waals surface area (Å²) in [5.74, 6) is 0.199. The van der Waals surface area contributed by atoms with Crippen molar-refractivity contribution in [1.82, 2.24) is 4.90 Å². The average molecular weight is 291 g/mol. The van der Waals surface area contributed by atoms with E-state index in [2.05, 4.69) is 5.32 Å². The largest absolute Gasteiger partial charge is 0.393 e. The molecule has 2 amide bonds. The van der Waals surface area contributed by atoms with Gasteiger partial charge in [-0.3, -0.25) is 0 Å². The molecule has 0 saturated heterocycles. The summed E-state index contributed by atoms with van der Waals surface area (Å²) in [6, 6.07) is 7.58. The molecule has 1 saturated carbocycles. The van der Waals surface area contributed by atoms with Gasteiger partial charge < -0.3 is 20.2 Å². The zero-order valence-corrected chi connectivity index (χ0v) is 13.0. The molecule has 1 aliphatic rings. The molecule has 21 heavy (non-hydrogen) atoms. The van der Waals surface area contributed by atoms with Crippen LogP contribution in [0.15, 0.2) is 24.3 Å². The molecule has 1 aromatic rings. The van der Waals surface area contributed by atoms with Crippen molar-refractivity contribution in [3.05, 3.63) is 24.3 Å². The van der Waals surface area contributed by atoms with Crippen molar-refractivity contribution >= 4 is 17.4 Å². The van der Waals surface area contributed by atoms with Crippen LogP contribution in [0.4, 0.5) is 16.2 Å². The highest BCUT2D eigenvalue weighted by molar-refractivity contribution is 5.93. The summed E-state index contributed by atoms with van der Waals surface area (Å²) in [7, 11) is 5.67. The van der Waals surface area contributed by atoms with Crippen molar-refractivity contribution in [2.45, 2.75) is 25.4 Å². The van der Waals surface area contributed by atoms with Crippen LogP contribution >= 0.6 is 0 Å². The number of amides is 2. The van der Waals surface area contributed by atoms with Gasteiger partial charge >= 0.3 is 6.03 Å². The first kappa shape index (κ1) is 15.6. The third kappa shape index (κ3) is 3.88. The average Bonchev–Trinajstić information content (AvgIpc) is 2.84. The molecule has 2 unspecified atom stereocenters. The van der Waals surface area contributed by atoms with Crippen LogP contribution in [-0.2, 0) is 0 Å². The molecule has 1 fully saturated rings. The molecule has 1 aromatic carbocycles. The highest BCUT2D eigenvalue weighted by Crippen LogP contribution is 2.27. The van der Waals surface area contributed by atoms with Gasteiger partial charge in [-0.1, -0.05) is 18.6 Å². The smallest absolute Gasteiger partial charge is 0.321 e. The van der Waals surface area contributed by atoms with Gasteiger partial charge in [-0.05, 0) is 25.0 Å². The van der Waals surface area contributed by atoms with E-state index in [0.29, 0.717) is 6.54 Å². The molecule has 2 atom stereocenters.